The molecule has 0 fully saturated rings. The molecule has 0 atom stereocenters. The van der Waals surface area contributed by atoms with Crippen LogP contribution < -0.4 is 10.6 Å². The van der Waals surface area contributed by atoms with Gasteiger partial charge in [-0.2, -0.15) is 0 Å². The summed E-state index contributed by atoms with van der Waals surface area (Å²) in [6.07, 6.45) is 6.05. The van der Waals surface area contributed by atoms with Crippen molar-refractivity contribution in [2.24, 2.45) is 0 Å². The van der Waals surface area contributed by atoms with Gasteiger partial charge in [0.2, 0.25) is 15.9 Å². The average molecular weight is 462 g/mol. The second kappa shape index (κ2) is 10.2. The van der Waals surface area contributed by atoms with Gasteiger partial charge in [-0.1, -0.05) is 6.58 Å². The van der Waals surface area contributed by atoms with Gasteiger partial charge in [0.25, 0.3) is 5.91 Å². The van der Waals surface area contributed by atoms with Gasteiger partial charge < -0.3 is 10.6 Å². The second-order valence-electron chi connectivity index (χ2n) is 7.42. The molecule has 0 saturated carbocycles. The maximum atomic E-state index is 12.7. The van der Waals surface area contributed by atoms with Crippen LogP contribution in [-0.2, 0) is 27.7 Å². The summed E-state index contributed by atoms with van der Waals surface area (Å²) in [7, 11) is -2.16. The largest absolute Gasteiger partial charge is 0.353 e. The molecule has 2 amide bonds. The third kappa shape index (κ3) is 5.81. The highest BCUT2D eigenvalue weighted by Gasteiger charge is 2.21. The Bertz CT molecular complexity index is 1040. The minimum Gasteiger partial charge on any atom is -0.353 e. The Kier molecular flexibility index (Phi) is 7.64. The molecular weight excluding hydrogens is 434 g/mol. The van der Waals surface area contributed by atoms with Crippen LogP contribution in [0.4, 0.5) is 5.69 Å². The van der Waals surface area contributed by atoms with Crippen molar-refractivity contribution in [3.63, 3.8) is 0 Å². The molecule has 9 heteroatoms. The van der Waals surface area contributed by atoms with E-state index in [4.69, 9.17) is 0 Å². The molecule has 0 unspecified atom stereocenters. The Labute approximate surface area is 187 Å². The second-order valence-corrected chi connectivity index (χ2v) is 10.6. The highest BCUT2D eigenvalue weighted by atomic mass is 32.2. The molecule has 7 nitrogen and oxygen atoms in total. The molecule has 1 aromatic carbocycles. The fraction of sp³-hybridized carbons (Fsp3) is 0.364. The summed E-state index contributed by atoms with van der Waals surface area (Å²) in [5.41, 5.74) is 1.82. The minimum absolute atomic E-state index is 0.148. The van der Waals surface area contributed by atoms with E-state index in [0.29, 0.717) is 23.5 Å². The highest BCUT2D eigenvalue weighted by Crippen LogP contribution is 2.30. The van der Waals surface area contributed by atoms with Crippen LogP contribution >= 0.6 is 11.3 Å². The number of aryl methyl sites for hydroxylation is 2. The third-order valence-corrected chi connectivity index (χ3v) is 8.28. The SMILES string of the molecule is C=CC(=O)NCCCN(C)S(=O)(=O)c1ccc(NC(=O)c2cc3c(s2)CCCC3)cc1. The van der Waals surface area contributed by atoms with Crippen molar-refractivity contribution in [1.29, 1.82) is 0 Å². The number of thiophene rings is 1. The molecule has 166 valence electrons. The van der Waals surface area contributed by atoms with E-state index in [1.165, 1.54) is 52.8 Å². The lowest BCUT2D eigenvalue weighted by atomic mass is 9.99. The Morgan fingerprint density at radius 2 is 1.90 bits per heavy atom. The van der Waals surface area contributed by atoms with Gasteiger partial charge in [-0.05, 0) is 74.1 Å². The van der Waals surface area contributed by atoms with Gasteiger partial charge in [0.15, 0.2) is 0 Å². The molecule has 2 aromatic rings. The van der Waals surface area contributed by atoms with Crippen molar-refractivity contribution < 1.29 is 18.0 Å². The Hall–Kier alpha value is -2.49. The lowest BCUT2D eigenvalue weighted by Crippen LogP contribution is -2.31. The van der Waals surface area contributed by atoms with E-state index in [-0.39, 0.29) is 23.3 Å². The van der Waals surface area contributed by atoms with Crippen LogP contribution in [-0.4, -0.2) is 44.7 Å². The van der Waals surface area contributed by atoms with Gasteiger partial charge in [0.1, 0.15) is 0 Å². The number of carbonyl (C=O) groups excluding carboxylic acids is 2. The first kappa shape index (κ1) is 23.2. The molecule has 31 heavy (non-hydrogen) atoms. The number of amides is 2. The zero-order valence-corrected chi connectivity index (χ0v) is 19.2. The van der Waals surface area contributed by atoms with Crippen molar-refractivity contribution in [2.45, 2.75) is 37.0 Å². The van der Waals surface area contributed by atoms with Crippen molar-refractivity contribution >= 4 is 38.9 Å². The van der Waals surface area contributed by atoms with Crippen molar-refractivity contribution in [1.82, 2.24) is 9.62 Å². The molecule has 0 bridgehead atoms. The van der Waals surface area contributed by atoms with E-state index in [1.807, 2.05) is 6.07 Å². The normalized spacial score (nSPS) is 13.5. The molecule has 0 radical (unpaired) electrons. The molecule has 3 rings (SSSR count). The first-order chi connectivity index (χ1) is 14.8. The van der Waals surface area contributed by atoms with Crippen LogP contribution in [0.1, 0.15) is 39.4 Å². The number of hydrogen-bond donors (Lipinski definition) is 2. The summed E-state index contributed by atoms with van der Waals surface area (Å²) < 4.78 is 26.7. The first-order valence-corrected chi connectivity index (χ1v) is 12.5. The zero-order valence-electron chi connectivity index (χ0n) is 17.5. The molecule has 1 aromatic heterocycles. The number of fused-ring (bicyclic) bond motifs is 1. The van der Waals surface area contributed by atoms with Gasteiger partial charge in [0.05, 0.1) is 9.77 Å². The number of benzene rings is 1. The molecule has 0 aliphatic heterocycles. The fourth-order valence-corrected chi connectivity index (χ4v) is 5.75. The van der Waals surface area contributed by atoms with Crippen LogP contribution in [0.3, 0.4) is 0 Å². The predicted octanol–water partition coefficient (Wildman–Crippen LogP) is 3.19. The zero-order chi connectivity index (χ0) is 22.4. The summed E-state index contributed by atoms with van der Waals surface area (Å²) >= 11 is 1.54. The monoisotopic (exact) mass is 461 g/mol. The molecule has 0 spiro atoms. The quantitative estimate of drug-likeness (QED) is 0.443. The molecule has 1 aliphatic carbocycles. The van der Waals surface area contributed by atoms with E-state index in [9.17, 15) is 18.0 Å². The summed E-state index contributed by atoms with van der Waals surface area (Å²) in [5, 5.41) is 5.46. The average Bonchev–Trinajstić information content (AvgIpc) is 3.21. The van der Waals surface area contributed by atoms with E-state index < -0.39 is 10.0 Å². The van der Waals surface area contributed by atoms with Gasteiger partial charge in [-0.3, -0.25) is 9.59 Å². The number of nitrogens with one attached hydrogen (secondary N) is 2. The van der Waals surface area contributed by atoms with Crippen molar-refractivity contribution in [3.05, 3.63) is 58.3 Å². The predicted molar refractivity (Wildman–Crippen MR) is 123 cm³/mol. The van der Waals surface area contributed by atoms with Gasteiger partial charge in [-0.25, -0.2) is 12.7 Å². The summed E-state index contributed by atoms with van der Waals surface area (Å²) in [6, 6.07) is 8.13. The number of anilines is 1. The van der Waals surface area contributed by atoms with E-state index >= 15 is 0 Å². The number of nitrogens with zero attached hydrogens (tertiary/aromatic N) is 1. The number of carbonyl (C=O) groups is 2. The third-order valence-electron chi connectivity index (χ3n) is 5.18. The number of rotatable bonds is 9. The Morgan fingerprint density at radius 3 is 2.58 bits per heavy atom. The number of sulfonamides is 1. The fourth-order valence-electron chi connectivity index (χ4n) is 3.39. The topological polar surface area (TPSA) is 95.6 Å². The molecule has 2 N–H and O–H groups in total. The lowest BCUT2D eigenvalue weighted by molar-refractivity contribution is -0.116. The maximum Gasteiger partial charge on any atom is 0.265 e. The van der Waals surface area contributed by atoms with Crippen LogP contribution in [0.25, 0.3) is 0 Å². The number of hydrogen-bond acceptors (Lipinski definition) is 5. The van der Waals surface area contributed by atoms with Gasteiger partial charge in [-0.15, -0.1) is 11.3 Å². The molecule has 1 heterocycles. The Balaban J connectivity index is 1.58. The molecule has 1 aliphatic rings. The summed E-state index contributed by atoms with van der Waals surface area (Å²) in [5.74, 6) is -0.459. The highest BCUT2D eigenvalue weighted by molar-refractivity contribution is 7.89. The molecular formula is C22H27N3O4S2. The van der Waals surface area contributed by atoms with E-state index in [2.05, 4.69) is 17.2 Å². The van der Waals surface area contributed by atoms with E-state index in [1.54, 1.807) is 23.5 Å². The lowest BCUT2D eigenvalue weighted by Gasteiger charge is -2.17. The van der Waals surface area contributed by atoms with E-state index in [0.717, 1.165) is 12.8 Å². The van der Waals surface area contributed by atoms with Crippen LogP contribution in [0.15, 0.2) is 47.9 Å². The maximum absolute atomic E-state index is 12.7. The van der Waals surface area contributed by atoms with Gasteiger partial charge >= 0.3 is 0 Å². The summed E-state index contributed by atoms with van der Waals surface area (Å²) in [4.78, 5) is 25.8. The van der Waals surface area contributed by atoms with Crippen LogP contribution in [0.5, 0.6) is 0 Å². The first-order valence-electron chi connectivity index (χ1n) is 10.2. The van der Waals surface area contributed by atoms with Gasteiger partial charge in [0, 0.05) is 30.7 Å². The minimum atomic E-state index is -3.65. The van der Waals surface area contributed by atoms with Crippen molar-refractivity contribution in [2.75, 3.05) is 25.5 Å². The van der Waals surface area contributed by atoms with Crippen LogP contribution in [0.2, 0.25) is 0 Å². The standard InChI is InChI=1S/C22H27N3O4S2/c1-3-21(26)23-13-6-14-25(2)31(28,29)18-11-9-17(10-12-18)24-22(27)20-15-16-7-4-5-8-19(16)30-20/h3,9-12,15H,1,4-8,13-14H2,2H3,(H,23,26)(H,24,27). The van der Waals surface area contributed by atoms with Crippen molar-refractivity contribution in [3.8, 4) is 0 Å². The Morgan fingerprint density at radius 1 is 1.19 bits per heavy atom. The summed E-state index contributed by atoms with van der Waals surface area (Å²) in [6.45, 7) is 3.99. The smallest absolute Gasteiger partial charge is 0.265 e. The van der Waals surface area contributed by atoms with Crippen LogP contribution in [0, 0.1) is 0 Å². The molecule has 0 saturated heterocycles.